The summed E-state index contributed by atoms with van der Waals surface area (Å²) >= 11 is 0. The summed E-state index contributed by atoms with van der Waals surface area (Å²) in [6.07, 6.45) is -6.48. The number of methoxy groups -OCH3 is 1. The van der Waals surface area contributed by atoms with Crippen LogP contribution < -0.4 is 5.50 Å². The van der Waals surface area contributed by atoms with Gasteiger partial charge in [-0.25, -0.2) is 10.1 Å². The van der Waals surface area contributed by atoms with Gasteiger partial charge in [0.05, 0.1) is 6.61 Å². The molecule has 18 heavy (non-hydrogen) atoms. The highest BCUT2D eigenvalue weighted by molar-refractivity contribution is 7.51. The van der Waals surface area contributed by atoms with Crippen LogP contribution in [-0.2, 0) is 23.1 Å². The van der Waals surface area contributed by atoms with Crippen molar-refractivity contribution in [2.24, 2.45) is 5.50 Å². The lowest BCUT2D eigenvalue weighted by atomic mass is 9.99. The van der Waals surface area contributed by atoms with Crippen LogP contribution in [-0.4, -0.2) is 66.9 Å². The highest BCUT2D eigenvalue weighted by atomic mass is 31.2. The lowest BCUT2D eigenvalue weighted by Crippen LogP contribution is -2.59. The topological polar surface area (TPSA) is 141 Å². The van der Waals surface area contributed by atoms with Crippen molar-refractivity contribution in [3.05, 3.63) is 0 Å². The van der Waals surface area contributed by atoms with Gasteiger partial charge < -0.3 is 29.3 Å². The predicted octanol–water partition coefficient (Wildman–Crippen LogP) is -1.83. The van der Waals surface area contributed by atoms with E-state index < -0.39 is 38.5 Å². The number of hydrogen-bond acceptors (Lipinski definition) is 8. The fourth-order valence-corrected chi connectivity index (χ4v) is 1.94. The molecule has 0 aliphatic carbocycles. The van der Waals surface area contributed by atoms with Crippen LogP contribution in [0.4, 0.5) is 0 Å². The second-order valence-electron chi connectivity index (χ2n) is 3.77. The van der Waals surface area contributed by atoms with Gasteiger partial charge in [0.15, 0.2) is 6.29 Å². The Kier molecular flexibility index (Phi) is 5.66. The number of aliphatic hydroxyl groups is 3. The van der Waals surface area contributed by atoms with E-state index in [1.54, 1.807) is 0 Å². The Morgan fingerprint density at radius 1 is 1.22 bits per heavy atom. The highest BCUT2D eigenvalue weighted by Gasteiger charge is 2.44. The van der Waals surface area contributed by atoms with Crippen LogP contribution in [0.25, 0.3) is 0 Å². The molecule has 1 fully saturated rings. The van der Waals surface area contributed by atoms with Crippen molar-refractivity contribution in [3.63, 3.8) is 0 Å². The molecule has 0 aromatic heterocycles. The zero-order valence-corrected chi connectivity index (χ0v) is 10.9. The first kappa shape index (κ1) is 16.0. The fourth-order valence-electron chi connectivity index (χ4n) is 1.48. The van der Waals surface area contributed by atoms with Crippen molar-refractivity contribution in [2.75, 3.05) is 20.8 Å². The van der Waals surface area contributed by atoms with Gasteiger partial charge in [0.2, 0.25) is 0 Å². The first-order valence-electron chi connectivity index (χ1n) is 5.13. The summed E-state index contributed by atoms with van der Waals surface area (Å²) in [7, 11) is -1.34. The number of nitrogens with two attached hydrogens (primary N) is 1. The van der Waals surface area contributed by atoms with Crippen LogP contribution in [0.15, 0.2) is 0 Å². The molecular weight excluding hydrogens is 269 g/mol. The number of rotatable bonds is 5. The lowest BCUT2D eigenvalue weighted by Gasteiger charge is -2.39. The van der Waals surface area contributed by atoms with Crippen molar-refractivity contribution in [1.82, 2.24) is 0 Å². The van der Waals surface area contributed by atoms with Crippen LogP contribution in [0, 0.1) is 0 Å². The van der Waals surface area contributed by atoms with Gasteiger partial charge in [-0.15, -0.1) is 0 Å². The Bertz CT molecular complexity index is 313. The van der Waals surface area contributed by atoms with Gasteiger partial charge in [0.25, 0.3) is 0 Å². The minimum atomic E-state index is -3.71. The van der Waals surface area contributed by atoms with Gasteiger partial charge in [-0.1, -0.05) is 0 Å². The Balaban J connectivity index is 2.62. The Morgan fingerprint density at radius 3 is 2.33 bits per heavy atom. The Hall–Kier alpha value is -0.0900. The first-order chi connectivity index (χ1) is 8.32. The minimum Gasteiger partial charge on any atom is -0.387 e. The zero-order valence-electron chi connectivity index (χ0n) is 10.0. The van der Waals surface area contributed by atoms with E-state index >= 15 is 0 Å². The maximum atomic E-state index is 11.3. The third-order valence-corrected chi connectivity index (χ3v) is 3.59. The Labute approximate surface area is 104 Å². The summed E-state index contributed by atoms with van der Waals surface area (Å²) < 4.78 is 30.3. The number of ether oxygens (including phenoxy) is 2. The van der Waals surface area contributed by atoms with Gasteiger partial charge in [-0.05, 0) is 0 Å². The second-order valence-corrected chi connectivity index (χ2v) is 5.47. The molecular formula is C8H18NO8P. The molecule has 9 nitrogen and oxygen atoms in total. The van der Waals surface area contributed by atoms with Crippen LogP contribution in [0.3, 0.4) is 0 Å². The minimum absolute atomic E-state index is 0.383. The number of aliphatic hydroxyl groups excluding tert-OH is 3. The monoisotopic (exact) mass is 287 g/mol. The van der Waals surface area contributed by atoms with E-state index in [1.165, 1.54) is 7.11 Å². The van der Waals surface area contributed by atoms with E-state index in [0.29, 0.717) is 0 Å². The molecule has 0 bridgehead atoms. The predicted molar refractivity (Wildman–Crippen MR) is 58.4 cm³/mol. The van der Waals surface area contributed by atoms with Crippen molar-refractivity contribution >= 4 is 7.75 Å². The third-order valence-electron chi connectivity index (χ3n) is 2.57. The summed E-state index contributed by atoms with van der Waals surface area (Å²) in [6, 6.07) is 0. The molecule has 0 saturated carbocycles. The van der Waals surface area contributed by atoms with E-state index in [9.17, 15) is 19.9 Å². The van der Waals surface area contributed by atoms with E-state index in [0.717, 1.165) is 7.11 Å². The van der Waals surface area contributed by atoms with E-state index in [1.807, 2.05) is 0 Å². The smallest absolute Gasteiger partial charge is 0.387 e. The van der Waals surface area contributed by atoms with E-state index in [-0.39, 0.29) is 6.61 Å². The molecule has 1 unspecified atom stereocenters. The molecule has 0 spiro atoms. The van der Waals surface area contributed by atoms with Crippen molar-refractivity contribution in [2.45, 2.75) is 30.7 Å². The van der Waals surface area contributed by atoms with Gasteiger partial charge in [0.1, 0.15) is 24.4 Å². The first-order valence-corrected chi connectivity index (χ1v) is 6.75. The van der Waals surface area contributed by atoms with Crippen LogP contribution in [0.1, 0.15) is 0 Å². The molecule has 0 aromatic rings. The van der Waals surface area contributed by atoms with E-state index in [4.69, 9.17) is 19.5 Å². The molecule has 5 N–H and O–H groups in total. The highest BCUT2D eigenvalue weighted by Crippen LogP contribution is 2.38. The number of hydrogen-bond donors (Lipinski definition) is 4. The lowest BCUT2D eigenvalue weighted by molar-refractivity contribution is -0.293. The summed E-state index contributed by atoms with van der Waals surface area (Å²) in [6.45, 7) is -0.383. The maximum absolute atomic E-state index is 11.3. The van der Waals surface area contributed by atoms with E-state index in [2.05, 4.69) is 4.52 Å². The molecule has 6 atom stereocenters. The fraction of sp³-hybridized carbons (Fsp3) is 1.00. The quantitative estimate of drug-likeness (QED) is 0.429. The molecule has 1 aliphatic heterocycles. The summed E-state index contributed by atoms with van der Waals surface area (Å²) in [5.74, 6) is 0. The van der Waals surface area contributed by atoms with Crippen molar-refractivity contribution in [1.29, 1.82) is 0 Å². The molecule has 1 saturated heterocycles. The molecule has 0 radical (unpaired) electrons. The van der Waals surface area contributed by atoms with Crippen LogP contribution >= 0.6 is 7.75 Å². The van der Waals surface area contributed by atoms with Crippen LogP contribution in [0.5, 0.6) is 0 Å². The van der Waals surface area contributed by atoms with Crippen molar-refractivity contribution in [3.8, 4) is 0 Å². The average Bonchev–Trinajstić information content (AvgIpc) is 2.35. The largest absolute Gasteiger partial charge is 0.402 e. The molecule has 108 valence electrons. The average molecular weight is 287 g/mol. The summed E-state index contributed by atoms with van der Waals surface area (Å²) in [5.41, 5.74) is 5.14. The van der Waals surface area contributed by atoms with Gasteiger partial charge in [0, 0.05) is 14.2 Å². The molecule has 1 aliphatic rings. The van der Waals surface area contributed by atoms with Gasteiger partial charge in [-0.2, -0.15) is 0 Å². The summed E-state index contributed by atoms with van der Waals surface area (Å²) in [4.78, 5) is 0. The van der Waals surface area contributed by atoms with Crippen LogP contribution in [0.2, 0.25) is 0 Å². The molecule has 0 amide bonds. The molecule has 1 heterocycles. The normalized spacial score (nSPS) is 40.4. The second kappa shape index (κ2) is 6.38. The van der Waals surface area contributed by atoms with Gasteiger partial charge in [-0.3, -0.25) is 4.52 Å². The molecule has 0 aromatic carbocycles. The third kappa shape index (κ3) is 3.70. The van der Waals surface area contributed by atoms with Crippen molar-refractivity contribution < 1.29 is 38.4 Å². The Morgan fingerprint density at radius 2 is 1.83 bits per heavy atom. The summed E-state index contributed by atoms with van der Waals surface area (Å²) in [5, 5.41) is 28.7. The standard InChI is InChI=1S/C8H18NO8P/c1-14-8-7(12)6(11)5(10)4(17-8)3-16-18(9,13)15-2/h4-8,10-12H,3H2,1-2H3,(H2,9,13)/t4-,5-,6+,7-,8+,18?/m1/s1. The van der Waals surface area contributed by atoms with Gasteiger partial charge >= 0.3 is 7.75 Å². The molecule has 1 rings (SSSR count). The maximum Gasteiger partial charge on any atom is 0.402 e. The zero-order chi connectivity index (χ0) is 13.9. The molecule has 10 heteroatoms. The SMILES string of the molecule is CO[C@H]1O[C@H](COP(N)(=O)OC)[C@@H](O)[C@H](O)[C@H]1O.